The van der Waals surface area contributed by atoms with Crippen molar-refractivity contribution < 1.29 is 14.2 Å². The Morgan fingerprint density at radius 2 is 0.617 bits per heavy atom. The van der Waals surface area contributed by atoms with Gasteiger partial charge in [0.2, 0.25) is 5.70 Å². The van der Waals surface area contributed by atoms with Gasteiger partial charge in [0, 0.05) is 33.7 Å². The summed E-state index contributed by atoms with van der Waals surface area (Å²) in [6.45, 7) is 17.3. The Kier molecular flexibility index (Phi) is 47.8. The van der Waals surface area contributed by atoms with Crippen molar-refractivity contribution in [3.63, 3.8) is 0 Å². The van der Waals surface area contributed by atoms with Gasteiger partial charge >= 0.3 is 13.7 Å². The summed E-state index contributed by atoms with van der Waals surface area (Å²) in [6, 6.07) is 77.3. The Morgan fingerprint density at radius 1 is 0.340 bits per heavy atom. The second-order valence-corrected chi connectivity index (χ2v) is 39.0. The van der Waals surface area contributed by atoms with Crippen LogP contribution < -0.4 is 46.8 Å². The summed E-state index contributed by atoms with van der Waals surface area (Å²) >= 11 is 27.1. The van der Waals surface area contributed by atoms with Crippen molar-refractivity contribution in [1.29, 1.82) is 10.5 Å². The summed E-state index contributed by atoms with van der Waals surface area (Å²) in [5, 5.41) is 25.0. The smallest absolute Gasteiger partial charge is 0.328 e. The van der Waals surface area contributed by atoms with E-state index in [1.54, 1.807) is 48.8 Å². The van der Waals surface area contributed by atoms with E-state index in [9.17, 15) is 11.8 Å². The molecule has 0 bridgehead atoms. The molecule has 0 atom stereocenters. The molecule has 13 rings (SSSR count). The second kappa shape index (κ2) is 62.1. The summed E-state index contributed by atoms with van der Waals surface area (Å²) in [5.41, 5.74) is 10.2. The van der Waals surface area contributed by atoms with Crippen LogP contribution in [-0.4, -0.2) is 62.4 Å². The Hall–Kier alpha value is -11.4. The summed E-state index contributed by atoms with van der Waals surface area (Å²) < 4.78 is 23.7. The highest BCUT2D eigenvalue weighted by Crippen LogP contribution is 2.39. The Morgan fingerprint density at radius 3 is 0.929 bits per heavy atom. The third kappa shape index (κ3) is 33.6. The van der Waals surface area contributed by atoms with Gasteiger partial charge in [0.05, 0.1) is 97.4 Å². The van der Waals surface area contributed by atoms with Crippen molar-refractivity contribution in [1.82, 2.24) is 28.9 Å². The van der Waals surface area contributed by atoms with Gasteiger partial charge in [-0.2, -0.15) is 10.5 Å². The number of fused-ring (bicyclic) bond motifs is 3. The average Bonchev–Trinajstić information content (AvgIpc) is 1.52. The van der Waals surface area contributed by atoms with Crippen LogP contribution in [0.5, 0.6) is 17.2 Å². The fourth-order valence-electron chi connectivity index (χ4n) is 18.9. The minimum atomic E-state index is -0.647. The van der Waals surface area contributed by atoms with E-state index >= 15 is 0 Å². The topological polar surface area (TPSA) is 141 Å². The maximum Gasteiger partial charge on any atom is 0.328 e. The largest absolute Gasteiger partial charge is 0.494 e. The number of unbranched alkanes of at least 4 members (excludes halogenated alkanes) is 36. The summed E-state index contributed by atoms with van der Waals surface area (Å²) in [4.78, 5) is 25.4. The summed E-state index contributed by atoms with van der Waals surface area (Å²) in [7, 11) is 0. The predicted molar refractivity (Wildman–Crippen MR) is 599 cm³/mol. The first kappa shape index (κ1) is 108. The molecule has 0 radical (unpaired) electrons. The van der Waals surface area contributed by atoms with Crippen molar-refractivity contribution in [3.05, 3.63) is 326 Å². The van der Waals surface area contributed by atoms with Gasteiger partial charge in [-0.1, -0.05) is 420 Å². The molecule has 9 aromatic carbocycles. The van der Waals surface area contributed by atoms with Crippen molar-refractivity contribution in [2.24, 2.45) is 0 Å². The van der Waals surface area contributed by atoms with Gasteiger partial charge in [0.25, 0.3) is 0 Å². The Balaban J connectivity index is 0.000000569. The third-order valence-corrected chi connectivity index (χ3v) is 27.9. The standard InChI is InChI=1S/C98H104B2Cl4N8O2.C25H39NO/c1-4-6-8-10-12-14-16-18-20-22-24-26-28-30-32-46-64-113-79-60-56-73(57-61-79)95-92-93(98(94(106-3)91-72-108-87-67-83(102)85(104)69-89(87)110-91)112(95)100(77-52-42-36-43-53-77)78-54-44-37-45-55-78)96(74-58-62-80(63-59-74)114-65-47-33-31-29-27-25-23-21-19-17-15-13-11-9-7-5-2)111(99(75-48-38-34-39-49-75)76-50-40-35-41-51-76)97(92)81(70-105)90-71-107-86-66-82(101)84(103)68-88(86)109-90;1-2-3-4-5-6-7-8-9-10-11-12-13-14-15-16-17-22-27-25-20-18-24(23-26)19-21-25/h18-21,34-45,48-63,66-69,71-72H,4-17,22-33,46-47,64-65H2,1-2H3;9-10,18-21H,2-8,11-17,22H2,1H3/b20-18-,21-19+,97-81-,98-94+;10-9+. The first-order chi connectivity index (χ1) is 69.5. The van der Waals surface area contributed by atoms with Gasteiger partial charge in [0.1, 0.15) is 34.6 Å². The van der Waals surface area contributed by atoms with E-state index in [1.165, 1.54) is 212 Å². The number of nitrogens with zero attached hydrogens (tertiary/aromatic N) is 9. The Bertz CT molecular complexity index is 5880. The van der Waals surface area contributed by atoms with Crippen molar-refractivity contribution in [2.75, 3.05) is 19.8 Å². The quantitative estimate of drug-likeness (QED) is 0.0158. The lowest BCUT2D eigenvalue weighted by molar-refractivity contribution is 0.304. The maximum absolute atomic E-state index is 12.7. The van der Waals surface area contributed by atoms with Gasteiger partial charge in [0.15, 0.2) is 0 Å². The second-order valence-electron chi connectivity index (χ2n) is 37.3. The van der Waals surface area contributed by atoms with E-state index in [0.717, 1.165) is 115 Å². The number of aromatic nitrogens is 6. The third-order valence-electron chi connectivity index (χ3n) is 26.5. The van der Waals surface area contributed by atoms with Gasteiger partial charge in [-0.25, -0.2) is 9.83 Å². The van der Waals surface area contributed by atoms with Crippen LogP contribution in [0.25, 0.3) is 71.5 Å². The number of halogens is 4. The molecule has 18 heteroatoms. The number of hydrogen-bond acceptors (Lipinski definition) is 9. The number of allylic oxidation sites excluding steroid dienone is 6. The lowest BCUT2D eigenvalue weighted by Gasteiger charge is -2.24. The van der Waals surface area contributed by atoms with Crippen molar-refractivity contribution in [2.45, 2.75) is 290 Å². The van der Waals surface area contributed by atoms with Crippen LogP contribution in [-0.2, 0) is 0 Å². The average molecular weight is 1960 g/mol. The first-order valence-electron chi connectivity index (χ1n) is 52.9. The summed E-state index contributed by atoms with van der Waals surface area (Å²) in [6.07, 6.45) is 70.4. The molecule has 0 saturated heterocycles. The zero-order valence-electron chi connectivity index (χ0n) is 83.6. The van der Waals surface area contributed by atoms with E-state index in [4.69, 9.17) is 90.7 Å². The van der Waals surface area contributed by atoms with E-state index in [1.807, 2.05) is 60.7 Å². The van der Waals surface area contributed by atoms with Gasteiger partial charge in [-0.05, 0) is 205 Å². The van der Waals surface area contributed by atoms with Crippen LogP contribution in [0.1, 0.15) is 307 Å². The zero-order chi connectivity index (χ0) is 98.5. The first-order valence-corrected chi connectivity index (χ1v) is 54.4. The molecule has 4 heterocycles. The summed E-state index contributed by atoms with van der Waals surface area (Å²) in [5.74, 6) is 2.30. The fourth-order valence-corrected chi connectivity index (χ4v) is 19.5. The number of benzene rings is 9. The molecule has 0 fully saturated rings. The number of hydrogen-bond donors (Lipinski definition) is 0. The molecule has 0 unspecified atom stereocenters. The normalized spacial score (nSPS) is 11.9. The highest BCUT2D eigenvalue weighted by atomic mass is 35.5. The molecule has 732 valence electrons. The number of nitriles is 2. The highest BCUT2D eigenvalue weighted by molar-refractivity contribution is 6.85. The highest BCUT2D eigenvalue weighted by Gasteiger charge is 2.38. The minimum absolute atomic E-state index is 0.186. The molecule has 4 aromatic heterocycles. The van der Waals surface area contributed by atoms with Gasteiger partial charge in [-0.15, -0.1) is 0 Å². The SMILES string of the molecule is CCCCCCCC/C=C/CCCCCCCCOc1ccc(C#N)cc1.[C-]#[N+]/C(c1cnc2cc(Cl)c(Cl)cc2n1)=c1\c2c(-c3ccc(OCCCCCCCC/C=C/CCCCCCCC)cc3)n(B(c3ccccc3)c3ccccc3)/c(=C(/C#N)c3cnc4cc(Cl)c(Cl)cc4n3)c2c(-c2ccc(OCCCCCCCC/C=C\CCCCCCCC)cc2)n1B(c1ccccc1)c1ccccc1. The molecule has 12 nitrogen and oxygen atoms in total. The predicted octanol–water partition coefficient (Wildman–Crippen LogP) is 32.2. The van der Waals surface area contributed by atoms with Crippen LogP contribution in [0.2, 0.25) is 20.1 Å². The number of rotatable bonds is 61. The molecule has 13 aromatic rings. The van der Waals surface area contributed by atoms with Crippen LogP contribution in [0.15, 0.2) is 267 Å². The van der Waals surface area contributed by atoms with Crippen LogP contribution >= 0.6 is 46.4 Å². The Labute approximate surface area is 861 Å². The van der Waals surface area contributed by atoms with Gasteiger partial charge < -0.3 is 23.2 Å². The molecule has 0 spiro atoms. The van der Waals surface area contributed by atoms with Gasteiger partial charge in [-0.3, -0.25) is 15.0 Å². The molecule has 0 aliphatic rings. The van der Waals surface area contributed by atoms with E-state index < -0.39 is 13.7 Å². The van der Waals surface area contributed by atoms with Crippen LogP contribution in [0.4, 0.5) is 0 Å². The van der Waals surface area contributed by atoms with Crippen LogP contribution in [0.3, 0.4) is 0 Å². The molecule has 0 amide bonds. The lowest BCUT2D eigenvalue weighted by Crippen LogP contribution is -2.54. The molecule has 141 heavy (non-hydrogen) atoms. The van der Waals surface area contributed by atoms with Crippen molar-refractivity contribution in [3.8, 4) is 51.9 Å². The molecular weight excluding hydrogens is 1810 g/mol. The van der Waals surface area contributed by atoms with E-state index in [0.29, 0.717) is 93.8 Å². The maximum atomic E-state index is 12.7. The molecule has 0 aliphatic heterocycles. The van der Waals surface area contributed by atoms with Crippen LogP contribution in [0, 0.1) is 29.2 Å². The van der Waals surface area contributed by atoms with E-state index in [-0.39, 0.29) is 22.7 Å². The zero-order valence-corrected chi connectivity index (χ0v) is 86.7. The lowest BCUT2D eigenvalue weighted by atomic mass is 9.50. The molecular formula is C123H143B2Cl4N9O3. The molecule has 0 N–H and O–H groups in total. The molecule has 0 saturated carbocycles. The van der Waals surface area contributed by atoms with E-state index in [2.05, 4.69) is 200 Å². The fraction of sp³-hybridized carbons (Fsp3) is 0.390. The number of ether oxygens (including phenoxy) is 3. The van der Waals surface area contributed by atoms with Crippen molar-refractivity contribution >= 4 is 126 Å². The monoisotopic (exact) mass is 1960 g/mol. The molecule has 0 aliphatic carbocycles. The minimum Gasteiger partial charge on any atom is -0.494 e.